The summed E-state index contributed by atoms with van der Waals surface area (Å²) >= 11 is 0. The van der Waals surface area contributed by atoms with Crippen LogP contribution in [0.4, 0.5) is 0 Å². The van der Waals surface area contributed by atoms with Crippen LogP contribution >= 0.6 is 0 Å². The van der Waals surface area contributed by atoms with Gasteiger partial charge in [0.1, 0.15) is 0 Å². The van der Waals surface area contributed by atoms with E-state index in [1.54, 1.807) is 17.9 Å². The standard InChI is InChI=1S/C9H10N4O/c1-5-6-3-4-11-7(9(10)14)8(6)13(2)12-5/h3-4H,1-2H3,(H2,10,14). The second-order valence-electron chi connectivity index (χ2n) is 3.13. The predicted octanol–water partition coefficient (Wildman–Crippen LogP) is 0.376. The molecule has 1 amide bonds. The summed E-state index contributed by atoms with van der Waals surface area (Å²) in [6.45, 7) is 1.88. The normalized spacial score (nSPS) is 10.7. The van der Waals surface area contributed by atoms with E-state index in [0.29, 0.717) is 5.52 Å². The summed E-state index contributed by atoms with van der Waals surface area (Å²) in [5, 5.41) is 5.12. The van der Waals surface area contributed by atoms with Crippen LogP contribution in [0.3, 0.4) is 0 Å². The number of aromatic nitrogens is 3. The molecule has 14 heavy (non-hydrogen) atoms. The number of carbonyl (C=O) groups is 1. The van der Waals surface area contributed by atoms with Gasteiger partial charge in [-0.2, -0.15) is 5.10 Å². The number of nitrogens with two attached hydrogens (primary N) is 1. The Morgan fingerprint density at radius 3 is 2.93 bits per heavy atom. The fraction of sp³-hybridized carbons (Fsp3) is 0.222. The molecule has 0 spiro atoms. The number of nitrogens with zero attached hydrogens (tertiary/aromatic N) is 3. The summed E-state index contributed by atoms with van der Waals surface area (Å²) in [7, 11) is 1.77. The molecule has 0 aromatic carbocycles. The van der Waals surface area contributed by atoms with Gasteiger partial charge >= 0.3 is 0 Å². The molecule has 72 valence electrons. The fourth-order valence-electron chi connectivity index (χ4n) is 1.58. The van der Waals surface area contributed by atoms with E-state index in [4.69, 9.17) is 5.73 Å². The molecule has 2 aromatic rings. The number of amides is 1. The Bertz CT molecular complexity index is 515. The number of hydrogen-bond acceptors (Lipinski definition) is 3. The highest BCUT2D eigenvalue weighted by atomic mass is 16.1. The van der Waals surface area contributed by atoms with E-state index in [9.17, 15) is 4.79 Å². The molecule has 0 atom stereocenters. The molecule has 0 aliphatic heterocycles. The van der Waals surface area contributed by atoms with Crippen molar-refractivity contribution in [2.75, 3.05) is 0 Å². The lowest BCUT2D eigenvalue weighted by atomic mass is 10.2. The summed E-state index contributed by atoms with van der Waals surface area (Å²) < 4.78 is 1.62. The quantitative estimate of drug-likeness (QED) is 0.706. The third-order valence-corrected chi connectivity index (χ3v) is 2.17. The monoisotopic (exact) mass is 190 g/mol. The van der Waals surface area contributed by atoms with Crippen LogP contribution in [0.1, 0.15) is 16.2 Å². The number of fused-ring (bicyclic) bond motifs is 1. The molecular weight excluding hydrogens is 180 g/mol. The highest BCUT2D eigenvalue weighted by molar-refractivity contribution is 6.03. The average molecular weight is 190 g/mol. The molecule has 2 aromatic heterocycles. The first-order valence-corrected chi connectivity index (χ1v) is 4.19. The maximum absolute atomic E-state index is 11.1. The number of rotatable bonds is 1. The van der Waals surface area contributed by atoms with Crippen LogP contribution in [0, 0.1) is 6.92 Å². The summed E-state index contributed by atoms with van der Waals surface area (Å²) in [6, 6.07) is 1.82. The van der Waals surface area contributed by atoms with Gasteiger partial charge in [-0.05, 0) is 13.0 Å². The zero-order valence-corrected chi connectivity index (χ0v) is 7.98. The third kappa shape index (κ3) is 1.06. The van der Waals surface area contributed by atoms with Crippen LogP contribution < -0.4 is 5.73 Å². The Morgan fingerprint density at radius 1 is 1.57 bits per heavy atom. The first-order valence-electron chi connectivity index (χ1n) is 4.19. The van der Waals surface area contributed by atoms with Crippen molar-refractivity contribution in [1.82, 2.24) is 14.8 Å². The van der Waals surface area contributed by atoms with E-state index in [-0.39, 0.29) is 5.69 Å². The molecule has 2 N–H and O–H groups in total. The van der Waals surface area contributed by atoms with Gasteiger partial charge in [-0.25, -0.2) is 4.98 Å². The summed E-state index contributed by atoms with van der Waals surface area (Å²) in [5.74, 6) is -0.529. The Morgan fingerprint density at radius 2 is 2.29 bits per heavy atom. The largest absolute Gasteiger partial charge is 0.364 e. The van der Waals surface area contributed by atoms with Crippen LogP contribution in [0.15, 0.2) is 12.3 Å². The van der Waals surface area contributed by atoms with E-state index < -0.39 is 5.91 Å². The number of primary amides is 1. The summed E-state index contributed by atoms with van der Waals surface area (Å²) in [5.41, 5.74) is 7.04. The smallest absolute Gasteiger partial charge is 0.269 e. The zero-order valence-electron chi connectivity index (χ0n) is 7.98. The molecule has 2 heterocycles. The first-order chi connectivity index (χ1) is 6.61. The van der Waals surface area contributed by atoms with Crippen LogP contribution in [-0.4, -0.2) is 20.7 Å². The van der Waals surface area contributed by atoms with Crippen molar-refractivity contribution in [1.29, 1.82) is 0 Å². The van der Waals surface area contributed by atoms with Gasteiger partial charge in [-0.3, -0.25) is 9.48 Å². The van der Waals surface area contributed by atoms with Gasteiger partial charge in [0.05, 0.1) is 11.2 Å². The lowest BCUT2D eigenvalue weighted by Crippen LogP contribution is -2.14. The van der Waals surface area contributed by atoms with Crippen molar-refractivity contribution in [3.8, 4) is 0 Å². The van der Waals surface area contributed by atoms with Gasteiger partial charge in [0.2, 0.25) is 0 Å². The van der Waals surface area contributed by atoms with E-state index in [0.717, 1.165) is 11.1 Å². The molecule has 0 saturated carbocycles. The topological polar surface area (TPSA) is 73.8 Å². The molecule has 0 fully saturated rings. The molecule has 5 heteroatoms. The van der Waals surface area contributed by atoms with Crippen LogP contribution in [0.5, 0.6) is 0 Å². The molecule has 0 aliphatic rings. The highest BCUT2D eigenvalue weighted by Crippen LogP contribution is 2.18. The van der Waals surface area contributed by atoms with Crippen LogP contribution in [-0.2, 0) is 7.05 Å². The van der Waals surface area contributed by atoms with Crippen molar-refractivity contribution in [3.05, 3.63) is 23.7 Å². The van der Waals surface area contributed by atoms with Crippen molar-refractivity contribution in [2.24, 2.45) is 12.8 Å². The summed E-state index contributed by atoms with van der Waals surface area (Å²) in [6.07, 6.45) is 1.57. The third-order valence-electron chi connectivity index (χ3n) is 2.17. The minimum Gasteiger partial charge on any atom is -0.364 e. The van der Waals surface area contributed by atoms with Gasteiger partial charge in [0.25, 0.3) is 5.91 Å². The van der Waals surface area contributed by atoms with Crippen LogP contribution in [0.2, 0.25) is 0 Å². The molecular formula is C9H10N4O. The highest BCUT2D eigenvalue weighted by Gasteiger charge is 2.13. The number of aryl methyl sites for hydroxylation is 2. The second kappa shape index (κ2) is 2.80. The zero-order chi connectivity index (χ0) is 10.3. The van der Waals surface area contributed by atoms with Gasteiger partial charge in [-0.15, -0.1) is 0 Å². The Balaban J connectivity index is 2.92. The van der Waals surface area contributed by atoms with Crippen molar-refractivity contribution >= 4 is 16.8 Å². The maximum Gasteiger partial charge on any atom is 0.269 e. The fourth-order valence-corrected chi connectivity index (χ4v) is 1.58. The Hall–Kier alpha value is -1.91. The predicted molar refractivity (Wildman–Crippen MR) is 51.8 cm³/mol. The maximum atomic E-state index is 11.1. The van der Waals surface area contributed by atoms with Gasteiger partial charge in [-0.1, -0.05) is 0 Å². The lowest BCUT2D eigenvalue weighted by molar-refractivity contribution is 0.0997. The van der Waals surface area contributed by atoms with Crippen LogP contribution in [0.25, 0.3) is 10.9 Å². The SMILES string of the molecule is Cc1nn(C)c2c(C(N)=O)nccc12. The number of hydrogen-bond donors (Lipinski definition) is 1. The number of pyridine rings is 1. The van der Waals surface area contributed by atoms with Crippen molar-refractivity contribution in [3.63, 3.8) is 0 Å². The van der Waals surface area contributed by atoms with Gasteiger partial charge < -0.3 is 5.73 Å². The van der Waals surface area contributed by atoms with E-state index in [1.807, 2.05) is 13.0 Å². The van der Waals surface area contributed by atoms with Gasteiger partial charge in [0.15, 0.2) is 5.69 Å². The van der Waals surface area contributed by atoms with E-state index in [1.165, 1.54) is 0 Å². The van der Waals surface area contributed by atoms with Crippen molar-refractivity contribution < 1.29 is 4.79 Å². The molecule has 0 radical (unpaired) electrons. The molecule has 0 unspecified atom stereocenters. The second-order valence-corrected chi connectivity index (χ2v) is 3.13. The summed E-state index contributed by atoms with van der Waals surface area (Å²) in [4.78, 5) is 15.0. The molecule has 5 nitrogen and oxygen atoms in total. The minimum absolute atomic E-state index is 0.269. The van der Waals surface area contributed by atoms with E-state index >= 15 is 0 Å². The van der Waals surface area contributed by atoms with Gasteiger partial charge in [0, 0.05) is 18.6 Å². The average Bonchev–Trinajstić information content (AvgIpc) is 2.43. The van der Waals surface area contributed by atoms with Crippen molar-refractivity contribution in [2.45, 2.75) is 6.92 Å². The first kappa shape index (κ1) is 8.68. The minimum atomic E-state index is -0.529. The number of carbonyl (C=O) groups excluding carboxylic acids is 1. The Kier molecular flexibility index (Phi) is 1.73. The van der Waals surface area contributed by atoms with E-state index in [2.05, 4.69) is 10.1 Å². The lowest BCUT2D eigenvalue weighted by Gasteiger charge is -1.98. The molecule has 0 bridgehead atoms. The molecule has 2 rings (SSSR count). The molecule has 0 saturated heterocycles. The molecule has 0 aliphatic carbocycles. The Labute approximate surface area is 80.5 Å².